The van der Waals surface area contributed by atoms with E-state index in [0.29, 0.717) is 32.1 Å². The zero-order chi connectivity index (χ0) is 23.0. The molecular formula is C24H16BrClFNO4. The maximum atomic E-state index is 13.5. The van der Waals surface area contributed by atoms with Gasteiger partial charge >= 0.3 is 0 Å². The third-order valence-electron chi connectivity index (χ3n) is 5.16. The van der Waals surface area contributed by atoms with Crippen molar-refractivity contribution in [3.8, 4) is 5.75 Å². The summed E-state index contributed by atoms with van der Waals surface area (Å²) in [6.45, 7) is 0. The number of ether oxygens (including phenoxy) is 1. The summed E-state index contributed by atoms with van der Waals surface area (Å²) in [5.41, 5.74) is 1.13. The van der Waals surface area contributed by atoms with Crippen molar-refractivity contribution in [2.45, 2.75) is 6.04 Å². The van der Waals surface area contributed by atoms with Gasteiger partial charge in [0.2, 0.25) is 0 Å². The van der Waals surface area contributed by atoms with E-state index in [0.717, 1.165) is 0 Å². The van der Waals surface area contributed by atoms with Gasteiger partial charge in [-0.2, -0.15) is 0 Å². The molecule has 0 bridgehead atoms. The van der Waals surface area contributed by atoms with Crippen molar-refractivity contribution in [1.82, 2.24) is 0 Å². The molecule has 32 heavy (non-hydrogen) atoms. The maximum Gasteiger partial charge on any atom is 0.300 e. The molecule has 1 amide bonds. The van der Waals surface area contributed by atoms with E-state index in [-0.39, 0.29) is 11.3 Å². The van der Waals surface area contributed by atoms with Gasteiger partial charge in [-0.3, -0.25) is 14.5 Å². The molecule has 1 heterocycles. The minimum absolute atomic E-state index is 0.0845. The van der Waals surface area contributed by atoms with Crippen LogP contribution in [0.5, 0.6) is 5.75 Å². The molecule has 0 spiro atoms. The molecule has 1 fully saturated rings. The summed E-state index contributed by atoms with van der Waals surface area (Å²) in [5, 5.41) is 11.6. The molecule has 0 aliphatic carbocycles. The first kappa shape index (κ1) is 22.0. The van der Waals surface area contributed by atoms with Gasteiger partial charge in [0.05, 0.1) is 23.2 Å². The number of aliphatic hydroxyl groups excluding tert-OH is 1. The second kappa shape index (κ2) is 8.76. The fraction of sp³-hybridized carbons (Fsp3) is 0.0833. The summed E-state index contributed by atoms with van der Waals surface area (Å²) >= 11 is 9.38. The first-order chi connectivity index (χ1) is 15.3. The van der Waals surface area contributed by atoms with Gasteiger partial charge in [0.25, 0.3) is 11.7 Å². The van der Waals surface area contributed by atoms with Crippen LogP contribution in [0, 0.1) is 5.82 Å². The van der Waals surface area contributed by atoms with Crippen molar-refractivity contribution in [3.63, 3.8) is 0 Å². The summed E-state index contributed by atoms with van der Waals surface area (Å²) in [6.07, 6.45) is 0. The van der Waals surface area contributed by atoms with Crippen LogP contribution in [-0.4, -0.2) is 23.9 Å². The van der Waals surface area contributed by atoms with Crippen LogP contribution in [0.1, 0.15) is 17.2 Å². The third-order valence-corrected chi connectivity index (χ3v) is 6.03. The molecule has 1 N–H and O–H groups in total. The molecule has 1 saturated heterocycles. The van der Waals surface area contributed by atoms with Crippen LogP contribution in [0.15, 0.2) is 76.8 Å². The summed E-state index contributed by atoms with van der Waals surface area (Å²) in [4.78, 5) is 27.4. The van der Waals surface area contributed by atoms with Crippen LogP contribution in [0.2, 0.25) is 5.02 Å². The highest BCUT2D eigenvalue weighted by Crippen LogP contribution is 2.43. The van der Waals surface area contributed by atoms with E-state index < -0.39 is 23.5 Å². The number of hydrogen-bond acceptors (Lipinski definition) is 4. The van der Waals surface area contributed by atoms with Crippen molar-refractivity contribution >= 4 is 50.7 Å². The predicted molar refractivity (Wildman–Crippen MR) is 123 cm³/mol. The minimum atomic E-state index is -0.932. The molecule has 0 saturated carbocycles. The van der Waals surface area contributed by atoms with Crippen molar-refractivity contribution in [1.29, 1.82) is 0 Å². The van der Waals surface area contributed by atoms with Crippen molar-refractivity contribution in [3.05, 3.63) is 98.7 Å². The fourth-order valence-corrected chi connectivity index (χ4v) is 4.30. The number of nitrogens with zero attached hydrogens (tertiary/aromatic N) is 1. The number of methoxy groups -OCH3 is 1. The number of carbonyl (C=O) groups excluding carboxylic acids is 2. The first-order valence-electron chi connectivity index (χ1n) is 9.47. The molecule has 162 valence electrons. The Morgan fingerprint density at radius 3 is 2.31 bits per heavy atom. The third kappa shape index (κ3) is 3.89. The van der Waals surface area contributed by atoms with E-state index in [1.807, 2.05) is 0 Å². The van der Waals surface area contributed by atoms with Crippen LogP contribution in [0.4, 0.5) is 10.1 Å². The highest BCUT2D eigenvalue weighted by atomic mass is 79.9. The lowest BCUT2D eigenvalue weighted by atomic mass is 9.95. The minimum Gasteiger partial charge on any atom is -0.507 e. The molecule has 8 heteroatoms. The lowest BCUT2D eigenvalue weighted by Crippen LogP contribution is -2.29. The van der Waals surface area contributed by atoms with E-state index in [2.05, 4.69) is 15.9 Å². The highest BCUT2D eigenvalue weighted by Gasteiger charge is 2.47. The standard InChI is InChI=1S/C24H16BrClFNO4/c1-32-19-11-4-14(12-18(19)25)22(29)20-21(13-2-5-15(26)6-3-13)28(24(31)23(20)30)17-9-7-16(27)8-10-17/h2-12,21,29H,1H3/b22-20-. The molecule has 3 aromatic rings. The van der Waals surface area contributed by atoms with Gasteiger partial charge in [-0.15, -0.1) is 0 Å². The smallest absolute Gasteiger partial charge is 0.300 e. The Bertz CT molecular complexity index is 1240. The van der Waals surface area contributed by atoms with Gasteiger partial charge in [0.15, 0.2) is 0 Å². The van der Waals surface area contributed by atoms with Crippen molar-refractivity contribution in [2.24, 2.45) is 0 Å². The molecular weight excluding hydrogens is 501 g/mol. The van der Waals surface area contributed by atoms with Crippen molar-refractivity contribution < 1.29 is 23.8 Å². The average molecular weight is 517 g/mol. The molecule has 1 aliphatic heterocycles. The molecule has 4 rings (SSSR count). The number of hydrogen-bond donors (Lipinski definition) is 1. The van der Waals surface area contributed by atoms with E-state index in [4.69, 9.17) is 16.3 Å². The van der Waals surface area contributed by atoms with Crippen LogP contribution in [-0.2, 0) is 9.59 Å². The second-order valence-electron chi connectivity index (χ2n) is 7.05. The lowest BCUT2D eigenvalue weighted by Gasteiger charge is -2.25. The fourth-order valence-electron chi connectivity index (χ4n) is 3.63. The van der Waals surface area contributed by atoms with E-state index in [9.17, 15) is 19.1 Å². The molecule has 3 aromatic carbocycles. The SMILES string of the molecule is COc1ccc(/C(O)=C2/C(=O)C(=O)N(c3ccc(F)cc3)C2c2ccc(Cl)cc2)cc1Br. The van der Waals surface area contributed by atoms with Crippen LogP contribution in [0.25, 0.3) is 5.76 Å². The van der Waals surface area contributed by atoms with Gasteiger partial charge in [0, 0.05) is 16.3 Å². The van der Waals surface area contributed by atoms with Gasteiger partial charge in [-0.05, 0) is 76.1 Å². The second-order valence-corrected chi connectivity index (χ2v) is 8.34. The molecule has 5 nitrogen and oxygen atoms in total. The number of benzene rings is 3. The van der Waals surface area contributed by atoms with E-state index in [1.165, 1.54) is 36.3 Å². The monoisotopic (exact) mass is 515 g/mol. The van der Waals surface area contributed by atoms with E-state index in [1.54, 1.807) is 42.5 Å². The maximum absolute atomic E-state index is 13.5. The number of ketones is 1. The Balaban J connectivity index is 1.93. The molecule has 0 radical (unpaired) electrons. The largest absolute Gasteiger partial charge is 0.507 e. The first-order valence-corrected chi connectivity index (χ1v) is 10.6. The summed E-state index contributed by atoms with van der Waals surface area (Å²) in [7, 11) is 1.51. The number of carbonyl (C=O) groups is 2. The summed E-state index contributed by atoms with van der Waals surface area (Å²) < 4.78 is 19.3. The Labute approximate surface area is 196 Å². The zero-order valence-corrected chi connectivity index (χ0v) is 19.0. The average Bonchev–Trinajstić information content (AvgIpc) is 3.05. The highest BCUT2D eigenvalue weighted by molar-refractivity contribution is 9.10. The van der Waals surface area contributed by atoms with Crippen LogP contribution < -0.4 is 9.64 Å². The quantitative estimate of drug-likeness (QED) is 0.267. The lowest BCUT2D eigenvalue weighted by molar-refractivity contribution is -0.132. The normalized spacial score (nSPS) is 17.6. The Morgan fingerprint density at radius 1 is 1.06 bits per heavy atom. The number of rotatable bonds is 4. The Morgan fingerprint density at radius 2 is 1.72 bits per heavy atom. The van der Waals surface area contributed by atoms with Crippen LogP contribution in [0.3, 0.4) is 0 Å². The predicted octanol–water partition coefficient (Wildman–Crippen LogP) is 5.88. The number of Topliss-reactive ketones (excluding diaryl/α,β-unsaturated/α-hetero) is 1. The van der Waals surface area contributed by atoms with Gasteiger partial charge < -0.3 is 9.84 Å². The van der Waals surface area contributed by atoms with Crippen molar-refractivity contribution in [2.75, 3.05) is 12.0 Å². The molecule has 1 aliphatic rings. The van der Waals surface area contributed by atoms with Gasteiger partial charge in [0.1, 0.15) is 17.3 Å². The Kier molecular flexibility index (Phi) is 6.04. The molecule has 1 unspecified atom stereocenters. The van der Waals surface area contributed by atoms with Crippen LogP contribution >= 0.6 is 27.5 Å². The topological polar surface area (TPSA) is 66.8 Å². The number of aliphatic hydroxyl groups is 1. The summed E-state index contributed by atoms with van der Waals surface area (Å²) in [5.74, 6) is -1.94. The number of anilines is 1. The number of amides is 1. The zero-order valence-electron chi connectivity index (χ0n) is 16.7. The van der Waals surface area contributed by atoms with Gasteiger partial charge in [-0.1, -0.05) is 23.7 Å². The van der Waals surface area contributed by atoms with Gasteiger partial charge in [-0.25, -0.2) is 4.39 Å². The van der Waals surface area contributed by atoms with E-state index >= 15 is 0 Å². The Hall–Kier alpha value is -3.16. The summed E-state index contributed by atoms with van der Waals surface area (Å²) in [6, 6.07) is 15.7. The molecule has 0 aromatic heterocycles. The number of halogens is 3. The molecule has 1 atom stereocenters.